The van der Waals surface area contributed by atoms with Gasteiger partial charge in [0.2, 0.25) is 0 Å². The Balaban J connectivity index is 1.60. The number of nitrogens with one attached hydrogen (secondary N) is 1. The molecule has 0 saturated carbocycles. The van der Waals surface area contributed by atoms with Gasteiger partial charge in [-0.15, -0.1) is 0 Å². The molecule has 2 aromatic rings. The standard InChI is InChI=1S/C19H23N3O2/c1-21-14-18(17-4-2-16(15-23)3-5-17)6-7-19(21)20-8-9-22-10-12-24-13-11-22/h2-7,14-15H,8-13H2,1H3/p+1. The predicted octanol–water partition coefficient (Wildman–Crippen LogP) is 1.73. The van der Waals surface area contributed by atoms with E-state index in [2.05, 4.69) is 33.1 Å². The molecule has 1 aromatic carbocycles. The van der Waals surface area contributed by atoms with Crippen LogP contribution in [-0.2, 0) is 11.8 Å². The Morgan fingerprint density at radius 1 is 1.12 bits per heavy atom. The summed E-state index contributed by atoms with van der Waals surface area (Å²) in [5, 5.41) is 3.49. The first-order chi connectivity index (χ1) is 11.8. The van der Waals surface area contributed by atoms with Gasteiger partial charge in [0.15, 0.2) is 0 Å². The molecule has 1 N–H and O–H groups in total. The minimum atomic E-state index is 0.699. The van der Waals surface area contributed by atoms with Gasteiger partial charge >= 0.3 is 0 Å². The van der Waals surface area contributed by atoms with E-state index in [0.717, 1.165) is 62.6 Å². The molecule has 1 aromatic heterocycles. The van der Waals surface area contributed by atoms with E-state index in [4.69, 9.17) is 4.74 Å². The fraction of sp³-hybridized carbons (Fsp3) is 0.368. The zero-order chi connectivity index (χ0) is 16.8. The van der Waals surface area contributed by atoms with Crippen LogP contribution in [-0.4, -0.2) is 50.6 Å². The summed E-state index contributed by atoms with van der Waals surface area (Å²) < 4.78 is 7.47. The van der Waals surface area contributed by atoms with E-state index < -0.39 is 0 Å². The van der Waals surface area contributed by atoms with Crippen molar-refractivity contribution in [2.24, 2.45) is 7.05 Å². The number of benzene rings is 1. The Labute approximate surface area is 142 Å². The minimum absolute atomic E-state index is 0.699. The molecule has 0 radical (unpaired) electrons. The largest absolute Gasteiger partial charge is 0.379 e. The summed E-state index contributed by atoms with van der Waals surface area (Å²) in [7, 11) is 2.04. The molecule has 3 rings (SSSR count). The maximum Gasteiger partial charge on any atom is 0.274 e. The number of hydrogen-bond acceptors (Lipinski definition) is 4. The zero-order valence-corrected chi connectivity index (χ0v) is 14.1. The van der Waals surface area contributed by atoms with E-state index in [-0.39, 0.29) is 0 Å². The first-order valence-electron chi connectivity index (χ1n) is 8.35. The Hall–Kier alpha value is -2.24. The number of hydrogen-bond donors (Lipinski definition) is 1. The SMILES string of the molecule is C[n+]1cc(-c2ccc(C=O)cc2)ccc1NCCN1CCOCC1. The average Bonchev–Trinajstić information content (AvgIpc) is 2.64. The van der Waals surface area contributed by atoms with Crippen molar-refractivity contribution in [3.63, 3.8) is 0 Å². The zero-order valence-electron chi connectivity index (χ0n) is 14.1. The molecule has 24 heavy (non-hydrogen) atoms. The van der Waals surface area contributed by atoms with Gasteiger partial charge in [-0.3, -0.25) is 15.0 Å². The third kappa shape index (κ3) is 4.19. The number of carbonyl (C=O) groups is 1. The summed E-state index contributed by atoms with van der Waals surface area (Å²) in [4.78, 5) is 13.2. The number of anilines is 1. The highest BCUT2D eigenvalue weighted by molar-refractivity contribution is 5.76. The number of carbonyl (C=O) groups excluding carboxylic acids is 1. The van der Waals surface area contributed by atoms with Crippen molar-refractivity contribution < 1.29 is 14.1 Å². The van der Waals surface area contributed by atoms with Crippen LogP contribution in [0.4, 0.5) is 5.82 Å². The topological polar surface area (TPSA) is 45.5 Å². The van der Waals surface area contributed by atoms with Gasteiger partial charge < -0.3 is 4.74 Å². The number of aromatic nitrogens is 1. The van der Waals surface area contributed by atoms with Gasteiger partial charge in [-0.05, 0) is 11.6 Å². The molecule has 1 fully saturated rings. The highest BCUT2D eigenvalue weighted by Gasteiger charge is 2.12. The third-order valence-corrected chi connectivity index (χ3v) is 4.35. The molecule has 5 heteroatoms. The molecule has 0 unspecified atom stereocenters. The van der Waals surface area contributed by atoms with Gasteiger partial charge in [0.05, 0.1) is 33.0 Å². The highest BCUT2D eigenvalue weighted by Crippen LogP contribution is 2.19. The van der Waals surface area contributed by atoms with Crippen LogP contribution >= 0.6 is 0 Å². The molecule has 0 aliphatic carbocycles. The molecule has 5 nitrogen and oxygen atoms in total. The molecule has 1 aliphatic rings. The van der Waals surface area contributed by atoms with E-state index in [1.165, 1.54) is 0 Å². The molecule has 0 atom stereocenters. The molecule has 0 bridgehead atoms. The van der Waals surface area contributed by atoms with Gasteiger partial charge in [0.25, 0.3) is 5.82 Å². The second-order valence-corrected chi connectivity index (χ2v) is 6.03. The van der Waals surface area contributed by atoms with Crippen LogP contribution in [0.3, 0.4) is 0 Å². The van der Waals surface area contributed by atoms with E-state index in [1.54, 1.807) is 0 Å². The van der Waals surface area contributed by atoms with Crippen LogP contribution < -0.4 is 9.88 Å². The van der Waals surface area contributed by atoms with Gasteiger partial charge in [0, 0.05) is 36.8 Å². The summed E-state index contributed by atoms with van der Waals surface area (Å²) >= 11 is 0. The summed E-state index contributed by atoms with van der Waals surface area (Å²) in [6.45, 7) is 5.66. The van der Waals surface area contributed by atoms with Crippen molar-refractivity contribution >= 4 is 12.1 Å². The Morgan fingerprint density at radius 2 is 1.83 bits per heavy atom. The van der Waals surface area contributed by atoms with Crippen LogP contribution in [0, 0.1) is 0 Å². The van der Waals surface area contributed by atoms with Crippen LogP contribution in [0.5, 0.6) is 0 Å². The van der Waals surface area contributed by atoms with Crippen molar-refractivity contribution in [2.75, 3.05) is 44.7 Å². The lowest BCUT2D eigenvalue weighted by Crippen LogP contribution is -2.40. The number of pyridine rings is 1. The summed E-state index contributed by atoms with van der Waals surface area (Å²) in [5.74, 6) is 1.09. The molecule has 1 aliphatic heterocycles. The van der Waals surface area contributed by atoms with Crippen LogP contribution in [0.1, 0.15) is 10.4 Å². The molecular formula is C19H24N3O2+. The van der Waals surface area contributed by atoms with E-state index in [0.29, 0.717) is 5.56 Å². The normalized spacial score (nSPS) is 15.2. The third-order valence-electron chi connectivity index (χ3n) is 4.35. The molecule has 2 heterocycles. The number of nitrogens with zero attached hydrogens (tertiary/aromatic N) is 2. The average molecular weight is 326 g/mol. The number of ether oxygens (including phenoxy) is 1. The van der Waals surface area contributed by atoms with Crippen molar-refractivity contribution in [2.45, 2.75) is 0 Å². The molecule has 126 valence electrons. The highest BCUT2D eigenvalue weighted by atomic mass is 16.5. The lowest BCUT2D eigenvalue weighted by atomic mass is 10.1. The maximum absolute atomic E-state index is 10.7. The van der Waals surface area contributed by atoms with E-state index in [9.17, 15) is 4.79 Å². The predicted molar refractivity (Wildman–Crippen MR) is 94.2 cm³/mol. The molecular weight excluding hydrogens is 302 g/mol. The monoisotopic (exact) mass is 326 g/mol. The maximum atomic E-state index is 10.7. The van der Waals surface area contributed by atoms with E-state index in [1.807, 2.05) is 31.3 Å². The smallest absolute Gasteiger partial charge is 0.274 e. The van der Waals surface area contributed by atoms with E-state index >= 15 is 0 Å². The van der Waals surface area contributed by atoms with Crippen LogP contribution in [0.25, 0.3) is 11.1 Å². The van der Waals surface area contributed by atoms with Crippen molar-refractivity contribution in [1.29, 1.82) is 0 Å². The lowest BCUT2D eigenvalue weighted by molar-refractivity contribution is -0.656. The van der Waals surface area contributed by atoms with Crippen LogP contribution in [0.15, 0.2) is 42.6 Å². The van der Waals surface area contributed by atoms with Gasteiger partial charge in [0.1, 0.15) is 6.29 Å². The quantitative estimate of drug-likeness (QED) is 0.649. The number of aryl methyl sites for hydroxylation is 1. The van der Waals surface area contributed by atoms with Gasteiger partial charge in [-0.2, -0.15) is 0 Å². The first-order valence-corrected chi connectivity index (χ1v) is 8.35. The summed E-state index contributed by atoms with van der Waals surface area (Å²) in [6, 6.07) is 11.8. The lowest BCUT2D eigenvalue weighted by Gasteiger charge is -2.25. The van der Waals surface area contributed by atoms with Crippen molar-refractivity contribution in [1.82, 2.24) is 4.90 Å². The fourth-order valence-electron chi connectivity index (χ4n) is 2.88. The first kappa shape index (κ1) is 16.6. The number of aldehydes is 1. The van der Waals surface area contributed by atoms with Gasteiger partial charge in [-0.25, -0.2) is 4.57 Å². The fourth-order valence-corrected chi connectivity index (χ4v) is 2.88. The molecule has 0 amide bonds. The summed E-state index contributed by atoms with van der Waals surface area (Å²) in [5.41, 5.74) is 2.94. The second kappa shape index (κ2) is 8.04. The second-order valence-electron chi connectivity index (χ2n) is 6.03. The van der Waals surface area contributed by atoms with Crippen LogP contribution in [0.2, 0.25) is 0 Å². The number of morpholine rings is 1. The van der Waals surface area contributed by atoms with Gasteiger partial charge in [-0.1, -0.05) is 24.3 Å². The molecule has 0 spiro atoms. The van der Waals surface area contributed by atoms with Crippen molar-refractivity contribution in [3.05, 3.63) is 48.2 Å². The minimum Gasteiger partial charge on any atom is -0.379 e. The Morgan fingerprint density at radius 3 is 2.50 bits per heavy atom. The Kier molecular flexibility index (Phi) is 5.56. The Bertz CT molecular complexity index is 680. The van der Waals surface area contributed by atoms with Crippen molar-refractivity contribution in [3.8, 4) is 11.1 Å². The number of rotatable bonds is 6. The molecule has 1 saturated heterocycles. The summed E-state index contributed by atoms with van der Waals surface area (Å²) in [6.07, 6.45) is 2.97.